The summed E-state index contributed by atoms with van der Waals surface area (Å²) in [6.07, 6.45) is 2.18. The number of hydrogen-bond acceptors (Lipinski definition) is 3. The molecule has 1 atom stereocenters. The van der Waals surface area contributed by atoms with Crippen molar-refractivity contribution in [1.82, 2.24) is 4.90 Å². The fraction of sp³-hybridized carbons (Fsp3) is 0.571. The summed E-state index contributed by atoms with van der Waals surface area (Å²) < 4.78 is 5.59. The van der Waals surface area contributed by atoms with Crippen LogP contribution in [-0.4, -0.2) is 38.2 Å². The molecule has 0 aliphatic carbocycles. The second-order valence-corrected chi connectivity index (χ2v) is 4.81. The van der Waals surface area contributed by atoms with E-state index in [1.54, 1.807) is 0 Å². The lowest BCUT2D eigenvalue weighted by molar-refractivity contribution is 0.313. The fourth-order valence-corrected chi connectivity index (χ4v) is 2.32. The van der Waals surface area contributed by atoms with E-state index in [2.05, 4.69) is 36.2 Å². The van der Waals surface area contributed by atoms with Gasteiger partial charge in [-0.3, -0.25) is 0 Å². The van der Waals surface area contributed by atoms with E-state index in [9.17, 15) is 0 Å². The lowest BCUT2D eigenvalue weighted by Crippen LogP contribution is -2.13. The van der Waals surface area contributed by atoms with Crippen molar-refractivity contribution in [1.29, 1.82) is 0 Å². The highest BCUT2D eigenvalue weighted by Gasteiger charge is 2.20. The van der Waals surface area contributed by atoms with Crippen LogP contribution in [0.4, 0.5) is 0 Å². The van der Waals surface area contributed by atoms with E-state index in [1.807, 2.05) is 0 Å². The summed E-state index contributed by atoms with van der Waals surface area (Å²) in [6, 6.07) is 8.54. The molecule has 1 heterocycles. The van der Waals surface area contributed by atoms with Gasteiger partial charge in [0, 0.05) is 6.54 Å². The summed E-state index contributed by atoms with van der Waals surface area (Å²) in [6.45, 7) is 3.78. The molecule has 0 spiro atoms. The zero-order valence-corrected chi connectivity index (χ0v) is 10.6. The molecule has 0 radical (unpaired) electrons. The highest BCUT2D eigenvalue weighted by Crippen LogP contribution is 2.27. The average molecular weight is 234 g/mol. The molecule has 1 fully saturated rings. The molecule has 0 amide bonds. The van der Waals surface area contributed by atoms with Gasteiger partial charge in [-0.2, -0.15) is 0 Å². The molecule has 1 aliphatic rings. The molecule has 2 rings (SSSR count). The molecular weight excluding hydrogens is 212 g/mol. The van der Waals surface area contributed by atoms with E-state index >= 15 is 0 Å². The second kappa shape index (κ2) is 6.03. The van der Waals surface area contributed by atoms with Crippen LogP contribution in [0, 0.1) is 0 Å². The molecule has 1 aromatic carbocycles. The molecule has 0 aromatic heterocycles. The topological polar surface area (TPSA) is 38.5 Å². The maximum Gasteiger partial charge on any atom is 0.119 e. The van der Waals surface area contributed by atoms with E-state index < -0.39 is 0 Å². The van der Waals surface area contributed by atoms with Crippen LogP contribution in [0.1, 0.15) is 24.3 Å². The van der Waals surface area contributed by atoms with Crippen LogP contribution in [0.2, 0.25) is 0 Å². The van der Waals surface area contributed by atoms with Crippen molar-refractivity contribution >= 4 is 0 Å². The molecule has 1 aromatic rings. The molecule has 3 nitrogen and oxygen atoms in total. The van der Waals surface area contributed by atoms with E-state index in [0.29, 0.717) is 19.1 Å². The highest BCUT2D eigenvalue weighted by molar-refractivity contribution is 5.30. The summed E-state index contributed by atoms with van der Waals surface area (Å²) in [5.41, 5.74) is 6.86. The summed E-state index contributed by atoms with van der Waals surface area (Å²) in [4.78, 5) is 2.39. The van der Waals surface area contributed by atoms with Gasteiger partial charge in [-0.15, -0.1) is 0 Å². The Morgan fingerprint density at radius 1 is 1.35 bits per heavy atom. The third-order valence-electron chi connectivity index (χ3n) is 3.36. The van der Waals surface area contributed by atoms with E-state index in [1.165, 1.54) is 25.1 Å². The minimum Gasteiger partial charge on any atom is -0.494 e. The molecule has 0 saturated carbocycles. The van der Waals surface area contributed by atoms with Gasteiger partial charge in [-0.05, 0) is 56.6 Å². The third-order valence-corrected chi connectivity index (χ3v) is 3.36. The maximum absolute atomic E-state index is 5.59. The van der Waals surface area contributed by atoms with Gasteiger partial charge in [-0.1, -0.05) is 12.1 Å². The third kappa shape index (κ3) is 3.45. The molecule has 3 heteroatoms. The van der Waals surface area contributed by atoms with Gasteiger partial charge in [0.05, 0.1) is 6.61 Å². The molecule has 1 aliphatic heterocycles. The Morgan fingerprint density at radius 2 is 2.12 bits per heavy atom. The SMILES string of the molecule is CN1CCC(c2ccc(OCCCN)cc2)C1. The van der Waals surface area contributed by atoms with Crippen LogP contribution in [0.25, 0.3) is 0 Å². The van der Waals surface area contributed by atoms with Crippen molar-refractivity contribution in [3.8, 4) is 5.75 Å². The number of benzene rings is 1. The van der Waals surface area contributed by atoms with Gasteiger partial charge in [0.1, 0.15) is 5.75 Å². The second-order valence-electron chi connectivity index (χ2n) is 4.81. The number of ether oxygens (including phenoxy) is 1. The van der Waals surface area contributed by atoms with Gasteiger partial charge >= 0.3 is 0 Å². The Bertz CT molecular complexity index is 337. The predicted octanol–water partition coefficient (Wildman–Crippen LogP) is 1.83. The number of likely N-dealkylation sites (tertiary alicyclic amines) is 1. The van der Waals surface area contributed by atoms with E-state index in [0.717, 1.165) is 12.2 Å². The molecule has 0 bridgehead atoms. The van der Waals surface area contributed by atoms with E-state index in [4.69, 9.17) is 10.5 Å². The monoisotopic (exact) mass is 234 g/mol. The van der Waals surface area contributed by atoms with Crippen molar-refractivity contribution in [3.63, 3.8) is 0 Å². The van der Waals surface area contributed by atoms with Gasteiger partial charge < -0.3 is 15.4 Å². The molecule has 94 valence electrons. The standard InChI is InChI=1S/C14H22N2O/c1-16-9-7-13(11-16)12-3-5-14(6-4-12)17-10-2-8-15/h3-6,13H,2,7-11,15H2,1H3. The van der Waals surface area contributed by atoms with Gasteiger partial charge in [0.2, 0.25) is 0 Å². The van der Waals surface area contributed by atoms with Crippen LogP contribution >= 0.6 is 0 Å². The zero-order valence-electron chi connectivity index (χ0n) is 10.6. The van der Waals surface area contributed by atoms with Gasteiger partial charge in [-0.25, -0.2) is 0 Å². The first-order valence-electron chi connectivity index (χ1n) is 6.41. The molecular formula is C14H22N2O. The summed E-state index contributed by atoms with van der Waals surface area (Å²) in [5.74, 6) is 1.65. The summed E-state index contributed by atoms with van der Waals surface area (Å²) in [5, 5.41) is 0. The normalized spacial score (nSPS) is 20.7. The van der Waals surface area contributed by atoms with Gasteiger partial charge in [0.15, 0.2) is 0 Å². The Morgan fingerprint density at radius 3 is 2.71 bits per heavy atom. The van der Waals surface area contributed by atoms with Gasteiger partial charge in [0.25, 0.3) is 0 Å². The lowest BCUT2D eigenvalue weighted by atomic mass is 9.98. The molecule has 2 N–H and O–H groups in total. The van der Waals surface area contributed by atoms with Crippen molar-refractivity contribution in [3.05, 3.63) is 29.8 Å². The van der Waals surface area contributed by atoms with E-state index in [-0.39, 0.29) is 0 Å². The minimum atomic E-state index is 0.687. The first-order valence-corrected chi connectivity index (χ1v) is 6.41. The molecule has 17 heavy (non-hydrogen) atoms. The van der Waals surface area contributed by atoms with Crippen molar-refractivity contribution < 1.29 is 4.74 Å². The summed E-state index contributed by atoms with van der Waals surface area (Å²) in [7, 11) is 2.18. The number of likely N-dealkylation sites (N-methyl/N-ethyl adjacent to an activating group) is 1. The smallest absolute Gasteiger partial charge is 0.119 e. The Hall–Kier alpha value is -1.06. The van der Waals surface area contributed by atoms with Crippen LogP contribution in [0.3, 0.4) is 0 Å². The first-order chi connectivity index (χ1) is 8.29. The predicted molar refractivity (Wildman–Crippen MR) is 70.5 cm³/mol. The number of nitrogens with zero attached hydrogens (tertiary/aromatic N) is 1. The fourth-order valence-electron chi connectivity index (χ4n) is 2.32. The quantitative estimate of drug-likeness (QED) is 0.790. The van der Waals surface area contributed by atoms with Crippen LogP contribution in [0.5, 0.6) is 5.75 Å². The van der Waals surface area contributed by atoms with Crippen LogP contribution in [0.15, 0.2) is 24.3 Å². The number of hydrogen-bond donors (Lipinski definition) is 1. The lowest BCUT2D eigenvalue weighted by Gasteiger charge is -2.12. The zero-order chi connectivity index (χ0) is 12.1. The van der Waals surface area contributed by atoms with Crippen molar-refractivity contribution in [2.75, 3.05) is 33.3 Å². The van der Waals surface area contributed by atoms with Crippen molar-refractivity contribution in [2.24, 2.45) is 5.73 Å². The Labute approximate surface area is 104 Å². The number of rotatable bonds is 5. The Balaban J connectivity index is 1.89. The minimum absolute atomic E-state index is 0.687. The molecule has 1 unspecified atom stereocenters. The van der Waals surface area contributed by atoms with Crippen LogP contribution < -0.4 is 10.5 Å². The Kier molecular flexibility index (Phi) is 4.40. The largest absolute Gasteiger partial charge is 0.494 e. The average Bonchev–Trinajstić information content (AvgIpc) is 2.77. The first kappa shape index (κ1) is 12.4. The maximum atomic E-state index is 5.59. The summed E-state index contributed by atoms with van der Waals surface area (Å²) >= 11 is 0. The number of nitrogens with two attached hydrogens (primary N) is 1. The highest BCUT2D eigenvalue weighted by atomic mass is 16.5. The molecule has 1 saturated heterocycles. The van der Waals surface area contributed by atoms with Crippen molar-refractivity contribution in [2.45, 2.75) is 18.8 Å². The van der Waals surface area contributed by atoms with Crippen LogP contribution in [-0.2, 0) is 0 Å².